The minimum Gasteiger partial charge on any atom is -0.382 e. The zero-order valence-electron chi connectivity index (χ0n) is 15.1. The first kappa shape index (κ1) is 26.1. The van der Waals surface area contributed by atoms with Crippen molar-refractivity contribution in [3.05, 3.63) is 27.9 Å². The lowest BCUT2D eigenvalue weighted by atomic mass is 10.3. The maximum absolute atomic E-state index is 13.1. The smallest absolute Gasteiger partial charge is 0.382 e. The lowest BCUT2D eigenvalue weighted by Crippen LogP contribution is -2.39. The lowest BCUT2D eigenvalue weighted by Gasteiger charge is -2.40. The van der Waals surface area contributed by atoms with E-state index in [1.807, 2.05) is 0 Å². The van der Waals surface area contributed by atoms with E-state index in [0.717, 1.165) is 0 Å². The van der Waals surface area contributed by atoms with Crippen LogP contribution in [0.3, 0.4) is 0 Å². The molecule has 0 bridgehead atoms. The highest BCUT2D eigenvalue weighted by Gasteiger charge is 2.65. The van der Waals surface area contributed by atoms with Crippen molar-refractivity contribution in [2.24, 2.45) is 0 Å². The van der Waals surface area contributed by atoms with Gasteiger partial charge in [0.05, 0.1) is 16.3 Å². The Labute approximate surface area is 184 Å². The molecule has 2 aromatic rings. The van der Waals surface area contributed by atoms with Crippen LogP contribution >= 0.6 is 33.4 Å². The fourth-order valence-electron chi connectivity index (χ4n) is 2.41. The van der Waals surface area contributed by atoms with Crippen LogP contribution in [-0.4, -0.2) is 37.2 Å². The van der Waals surface area contributed by atoms with E-state index in [1.165, 1.54) is 6.07 Å². The molecule has 2 rings (SSSR count). The Kier molecular flexibility index (Phi) is 5.64. The minimum atomic E-state index is -10.2. The zero-order valence-corrected chi connectivity index (χ0v) is 18.3. The second-order valence-electron chi connectivity index (χ2n) is 6.20. The van der Waals surface area contributed by atoms with E-state index in [2.05, 4.69) is 5.10 Å². The molecule has 180 valence electrons. The monoisotopic (exact) mass is 553 g/mol. The molecule has 0 fully saturated rings. The lowest BCUT2D eigenvalue weighted by molar-refractivity contribution is -0.117. The molecule has 2 N–H and O–H groups in total. The van der Waals surface area contributed by atoms with Crippen molar-refractivity contribution in [3.8, 4) is 11.8 Å². The third-order valence-corrected chi connectivity index (χ3v) is 6.44. The van der Waals surface area contributed by atoms with Gasteiger partial charge in [-0.1, -0.05) is 42.6 Å². The molecule has 0 radical (unpaired) electrons. The molecule has 7 nitrogen and oxygen atoms in total. The summed E-state index contributed by atoms with van der Waals surface area (Å²) in [5, 5.41) is 10.4. The van der Waals surface area contributed by atoms with E-state index >= 15 is 0 Å². The number of halogens is 10. The molecule has 0 saturated carbocycles. The van der Waals surface area contributed by atoms with Crippen LogP contribution in [0.4, 0.5) is 44.1 Å². The molecule has 19 heteroatoms. The molecule has 0 saturated heterocycles. The van der Waals surface area contributed by atoms with Gasteiger partial charge in [-0.25, -0.2) is 13.1 Å². The first-order chi connectivity index (χ1) is 14.0. The Morgan fingerprint density at radius 1 is 1.19 bits per heavy atom. The summed E-state index contributed by atoms with van der Waals surface area (Å²) in [5.74, 6) is -1.000. The van der Waals surface area contributed by atoms with E-state index in [4.69, 9.17) is 28.9 Å². The molecule has 32 heavy (non-hydrogen) atoms. The number of nitrogens with zero attached hydrogens (tertiary/aromatic N) is 4. The molecule has 0 amide bonds. The molecule has 0 atom stereocenters. The van der Waals surface area contributed by atoms with Gasteiger partial charge in [0, 0.05) is 0 Å². The number of hydrogen-bond donors (Lipinski definition) is 1. The summed E-state index contributed by atoms with van der Waals surface area (Å²) in [6, 6.07) is 0.844. The Bertz CT molecular complexity index is 1230. The molecule has 0 spiro atoms. The summed E-state index contributed by atoms with van der Waals surface area (Å²) in [6.07, 6.45) is -4.75. The first-order valence-corrected chi connectivity index (χ1v) is 12.1. The maximum atomic E-state index is 13.1. The second-order valence-corrected chi connectivity index (χ2v) is 11.3. The fraction of sp³-hybridized carbons (Fsp3) is 0.231. The van der Waals surface area contributed by atoms with Gasteiger partial charge < -0.3 is 5.73 Å². The van der Waals surface area contributed by atoms with E-state index in [0.29, 0.717) is 6.26 Å². The number of rotatable bonds is 5. The quantitative estimate of drug-likeness (QED) is 0.484. The van der Waals surface area contributed by atoms with Gasteiger partial charge in [-0.05, 0) is 12.1 Å². The highest BCUT2D eigenvalue weighted by atomic mass is 35.5. The number of nitrogens with two attached hydrogens (primary N) is 1. The third kappa shape index (κ3) is 5.42. The minimum absolute atomic E-state index is 0.221. The van der Waals surface area contributed by atoms with E-state index in [-0.39, 0.29) is 21.1 Å². The second kappa shape index (κ2) is 6.92. The Morgan fingerprint density at radius 2 is 1.66 bits per heavy atom. The number of nitriles is 1. The van der Waals surface area contributed by atoms with Crippen LogP contribution in [0.25, 0.3) is 5.69 Å². The van der Waals surface area contributed by atoms with Crippen LogP contribution in [0.2, 0.25) is 10.0 Å². The van der Waals surface area contributed by atoms with E-state index in [9.17, 15) is 46.3 Å². The number of nitrogen functional groups attached to an aromatic ring is 1. The summed E-state index contributed by atoms with van der Waals surface area (Å²) >= 11 is 11.3. The summed E-state index contributed by atoms with van der Waals surface area (Å²) in [4.78, 5) is -2.48. The SMILES string of the molecule is CS(=O)(=O)N(CC(F)(F)F)c1c(C#N)nn(-c2c(Cl)cc(S(F)(F)(F)(F)F)cc2Cl)c1N. The Hall–Kier alpha value is -2.16. The first-order valence-electron chi connectivity index (χ1n) is 7.53. The predicted octanol–water partition coefficient (Wildman–Crippen LogP) is 5.62. The standard InChI is InChI=1S/C13H9Cl2F8N5O2S2/c1-31(29,30)27(5-13(16,17)18)11-9(4-24)26-28(12(11)25)10-7(14)2-6(3-8(10)15)32(19,20,21,22)23/h2-3H,5,25H2,1H3. The highest BCUT2D eigenvalue weighted by Crippen LogP contribution is 3.02. The van der Waals surface area contributed by atoms with Gasteiger partial charge in [-0.3, -0.25) is 4.31 Å². The number of aromatic nitrogens is 2. The molecule has 0 aliphatic heterocycles. The van der Waals surface area contributed by atoms with Gasteiger partial charge in [-0.15, -0.1) is 0 Å². The number of alkyl halides is 3. The fourth-order valence-corrected chi connectivity index (χ4v) is 4.76. The number of hydrogen-bond acceptors (Lipinski definition) is 5. The van der Waals surface area contributed by atoms with Crippen LogP contribution < -0.4 is 10.0 Å². The third-order valence-electron chi connectivity index (χ3n) is 3.62. The van der Waals surface area contributed by atoms with Crippen molar-refractivity contribution in [2.75, 3.05) is 22.8 Å². The summed E-state index contributed by atoms with van der Waals surface area (Å²) < 4.78 is 128. The average molecular weight is 554 g/mol. The molecule has 0 aliphatic rings. The molecule has 0 unspecified atom stereocenters. The van der Waals surface area contributed by atoms with E-state index < -0.39 is 70.8 Å². The summed E-state index contributed by atoms with van der Waals surface area (Å²) in [7, 11) is -14.9. The molecular formula is C13H9Cl2F8N5O2S2. The number of anilines is 2. The summed E-state index contributed by atoms with van der Waals surface area (Å²) in [6.45, 7) is -2.14. The Morgan fingerprint density at radius 3 is 2.00 bits per heavy atom. The molecule has 1 heterocycles. The number of sulfonamides is 1. The van der Waals surface area contributed by atoms with Crippen molar-refractivity contribution < 1.29 is 41.0 Å². The topological polar surface area (TPSA) is 105 Å². The van der Waals surface area contributed by atoms with Crippen molar-refractivity contribution >= 4 is 55.0 Å². The van der Waals surface area contributed by atoms with Gasteiger partial charge in [0.2, 0.25) is 10.0 Å². The van der Waals surface area contributed by atoms with Gasteiger partial charge >= 0.3 is 16.4 Å². The molecular weight excluding hydrogens is 545 g/mol. The normalized spacial score (nSPS) is 15.1. The van der Waals surface area contributed by atoms with Gasteiger partial charge in [-0.2, -0.15) is 23.5 Å². The van der Waals surface area contributed by atoms with E-state index in [1.54, 1.807) is 0 Å². The predicted molar refractivity (Wildman–Crippen MR) is 102 cm³/mol. The van der Waals surface area contributed by atoms with Gasteiger partial charge in [0.1, 0.15) is 28.9 Å². The van der Waals surface area contributed by atoms with Crippen molar-refractivity contribution in [1.29, 1.82) is 5.26 Å². The van der Waals surface area contributed by atoms with Crippen molar-refractivity contribution in [1.82, 2.24) is 9.78 Å². The molecule has 1 aromatic heterocycles. The van der Waals surface area contributed by atoms with Crippen LogP contribution in [0.15, 0.2) is 17.0 Å². The van der Waals surface area contributed by atoms with Crippen LogP contribution in [-0.2, 0) is 10.0 Å². The molecule has 1 aromatic carbocycles. The van der Waals surface area contributed by atoms with Crippen molar-refractivity contribution in [2.45, 2.75) is 11.1 Å². The van der Waals surface area contributed by atoms with Crippen LogP contribution in [0, 0.1) is 11.3 Å². The highest BCUT2D eigenvalue weighted by molar-refractivity contribution is 8.45. The summed E-state index contributed by atoms with van der Waals surface area (Å²) in [5.41, 5.74) is 2.75. The average Bonchev–Trinajstić information content (AvgIpc) is 2.84. The van der Waals surface area contributed by atoms with Gasteiger partial charge in [0.25, 0.3) is 0 Å². The zero-order chi connectivity index (χ0) is 25.1. The maximum Gasteiger partial charge on any atom is 0.407 e. The number of benzene rings is 1. The Balaban J connectivity index is 2.84. The van der Waals surface area contributed by atoms with Crippen LogP contribution in [0.5, 0.6) is 0 Å². The molecule has 0 aliphatic carbocycles. The van der Waals surface area contributed by atoms with Crippen molar-refractivity contribution in [3.63, 3.8) is 0 Å². The largest absolute Gasteiger partial charge is 0.407 e. The van der Waals surface area contributed by atoms with Crippen LogP contribution in [0.1, 0.15) is 5.69 Å². The van der Waals surface area contributed by atoms with Gasteiger partial charge in [0.15, 0.2) is 11.5 Å².